The van der Waals surface area contributed by atoms with E-state index in [1.807, 2.05) is 13.0 Å². The molecule has 0 atom stereocenters. The Balaban J connectivity index is 3.19. The van der Waals surface area contributed by atoms with Gasteiger partial charge >= 0.3 is 0 Å². The number of methoxy groups -OCH3 is 1. The smallest absolute Gasteiger partial charge is 0.178 e. The Hall–Kier alpha value is -2.28. The van der Waals surface area contributed by atoms with Crippen LogP contribution in [0.2, 0.25) is 0 Å². The number of hydrogen-bond acceptors (Lipinski definition) is 4. The third-order valence-corrected chi connectivity index (χ3v) is 2.84. The van der Waals surface area contributed by atoms with E-state index in [0.717, 1.165) is 5.56 Å². The first kappa shape index (κ1) is 16.8. The van der Waals surface area contributed by atoms with Crippen LogP contribution < -0.4 is 9.47 Å². The van der Waals surface area contributed by atoms with Crippen molar-refractivity contribution in [1.82, 2.24) is 0 Å². The molecule has 21 heavy (non-hydrogen) atoms. The van der Waals surface area contributed by atoms with Crippen LogP contribution in [0.1, 0.15) is 33.3 Å². The van der Waals surface area contributed by atoms with Gasteiger partial charge < -0.3 is 9.47 Å². The van der Waals surface area contributed by atoms with Crippen molar-refractivity contribution in [2.24, 2.45) is 5.41 Å². The Morgan fingerprint density at radius 1 is 1.33 bits per heavy atom. The topological polar surface area (TPSA) is 59.3 Å². The molecule has 0 aliphatic rings. The standard InChI is InChI=1S/C17H21NO3/c1-6-21-14-8-7-12(10-15(14)20-5)9-13(11-18)16(19)17(2,3)4/h7-10H,6H2,1-5H3. The Kier molecular flexibility index (Phi) is 5.54. The molecule has 0 heterocycles. The highest BCUT2D eigenvalue weighted by molar-refractivity contribution is 6.06. The van der Waals surface area contributed by atoms with Crippen LogP contribution in [0.15, 0.2) is 23.8 Å². The second-order valence-corrected chi connectivity index (χ2v) is 5.59. The van der Waals surface area contributed by atoms with Gasteiger partial charge in [0, 0.05) is 5.41 Å². The van der Waals surface area contributed by atoms with Crippen LogP contribution in [0.4, 0.5) is 0 Å². The third-order valence-electron chi connectivity index (χ3n) is 2.84. The van der Waals surface area contributed by atoms with Crippen molar-refractivity contribution in [3.63, 3.8) is 0 Å². The SMILES string of the molecule is CCOc1ccc(C=C(C#N)C(=O)C(C)(C)C)cc1OC. The van der Waals surface area contributed by atoms with Crippen LogP contribution in [0.3, 0.4) is 0 Å². The zero-order valence-electron chi connectivity index (χ0n) is 13.2. The first-order chi connectivity index (χ1) is 9.83. The van der Waals surface area contributed by atoms with E-state index in [1.54, 1.807) is 52.2 Å². The largest absolute Gasteiger partial charge is 0.493 e. The van der Waals surface area contributed by atoms with Gasteiger partial charge in [0.2, 0.25) is 0 Å². The summed E-state index contributed by atoms with van der Waals surface area (Å²) in [7, 11) is 1.55. The van der Waals surface area contributed by atoms with E-state index in [9.17, 15) is 10.1 Å². The molecule has 0 aliphatic carbocycles. The van der Waals surface area contributed by atoms with Crippen LogP contribution in [0.25, 0.3) is 6.08 Å². The summed E-state index contributed by atoms with van der Waals surface area (Å²) < 4.78 is 10.7. The van der Waals surface area contributed by atoms with Gasteiger partial charge in [0.05, 0.1) is 19.3 Å². The van der Waals surface area contributed by atoms with Crippen LogP contribution in [-0.2, 0) is 4.79 Å². The molecule has 0 bridgehead atoms. The molecule has 0 unspecified atom stereocenters. The summed E-state index contributed by atoms with van der Waals surface area (Å²) in [6.07, 6.45) is 1.58. The number of allylic oxidation sites excluding steroid dienone is 1. The third kappa shape index (κ3) is 4.35. The van der Waals surface area contributed by atoms with Crippen LogP contribution >= 0.6 is 0 Å². The molecule has 0 aliphatic heterocycles. The number of Topliss-reactive ketones (excluding diaryl/α,β-unsaturated/α-hetero) is 1. The van der Waals surface area contributed by atoms with Crippen molar-refractivity contribution >= 4 is 11.9 Å². The van der Waals surface area contributed by atoms with Gasteiger partial charge in [0.1, 0.15) is 6.07 Å². The lowest BCUT2D eigenvalue weighted by atomic mass is 9.86. The van der Waals surface area contributed by atoms with Crippen molar-refractivity contribution < 1.29 is 14.3 Å². The number of nitriles is 1. The highest BCUT2D eigenvalue weighted by atomic mass is 16.5. The fourth-order valence-corrected chi connectivity index (χ4v) is 1.77. The number of rotatable bonds is 5. The molecule has 4 heteroatoms. The molecule has 0 fully saturated rings. The molecule has 0 radical (unpaired) electrons. The Bertz CT molecular complexity index is 589. The Morgan fingerprint density at radius 3 is 2.48 bits per heavy atom. The Morgan fingerprint density at radius 2 is 2.00 bits per heavy atom. The lowest BCUT2D eigenvalue weighted by molar-refractivity contribution is -0.121. The fourth-order valence-electron chi connectivity index (χ4n) is 1.77. The summed E-state index contributed by atoms with van der Waals surface area (Å²) in [6, 6.07) is 7.28. The Labute approximate surface area is 126 Å². The minimum absolute atomic E-state index is 0.133. The molecule has 4 nitrogen and oxygen atoms in total. The average Bonchev–Trinajstić information content (AvgIpc) is 2.44. The second-order valence-electron chi connectivity index (χ2n) is 5.59. The minimum Gasteiger partial charge on any atom is -0.493 e. The van der Waals surface area contributed by atoms with Gasteiger partial charge in [-0.25, -0.2) is 0 Å². The number of carbonyl (C=O) groups is 1. The molecule has 0 saturated carbocycles. The highest BCUT2D eigenvalue weighted by Gasteiger charge is 2.25. The molecule has 0 aromatic heterocycles. The van der Waals surface area contributed by atoms with Crippen LogP contribution in [-0.4, -0.2) is 19.5 Å². The predicted molar refractivity (Wildman–Crippen MR) is 82.2 cm³/mol. The van der Waals surface area contributed by atoms with Gasteiger partial charge in [-0.2, -0.15) is 5.26 Å². The summed E-state index contributed by atoms with van der Waals surface area (Å²) in [6.45, 7) is 7.80. The average molecular weight is 287 g/mol. The molecule has 1 aromatic carbocycles. The maximum atomic E-state index is 12.2. The summed E-state index contributed by atoms with van der Waals surface area (Å²) in [4.78, 5) is 12.2. The van der Waals surface area contributed by atoms with Gasteiger partial charge in [0.25, 0.3) is 0 Å². The molecule has 112 valence electrons. The van der Waals surface area contributed by atoms with Crippen molar-refractivity contribution in [3.8, 4) is 17.6 Å². The molecule has 0 N–H and O–H groups in total. The molecule has 0 spiro atoms. The van der Waals surface area contributed by atoms with Crippen molar-refractivity contribution in [1.29, 1.82) is 5.26 Å². The van der Waals surface area contributed by atoms with E-state index in [-0.39, 0.29) is 11.4 Å². The van der Waals surface area contributed by atoms with E-state index in [2.05, 4.69) is 0 Å². The quantitative estimate of drug-likeness (QED) is 0.613. The zero-order chi connectivity index (χ0) is 16.0. The van der Waals surface area contributed by atoms with E-state index >= 15 is 0 Å². The zero-order valence-corrected chi connectivity index (χ0v) is 13.2. The van der Waals surface area contributed by atoms with Crippen molar-refractivity contribution in [2.75, 3.05) is 13.7 Å². The van der Waals surface area contributed by atoms with E-state index in [4.69, 9.17) is 9.47 Å². The van der Waals surface area contributed by atoms with Crippen LogP contribution in [0, 0.1) is 16.7 Å². The number of hydrogen-bond donors (Lipinski definition) is 0. The van der Waals surface area contributed by atoms with Crippen molar-refractivity contribution in [3.05, 3.63) is 29.3 Å². The summed E-state index contributed by atoms with van der Waals surface area (Å²) in [5, 5.41) is 9.19. The second kappa shape index (κ2) is 6.94. The molecule has 1 aromatic rings. The number of nitrogens with zero attached hydrogens (tertiary/aromatic N) is 1. The first-order valence-electron chi connectivity index (χ1n) is 6.81. The summed E-state index contributed by atoms with van der Waals surface area (Å²) in [5.41, 5.74) is 0.273. The van der Waals surface area contributed by atoms with Gasteiger partial charge in [-0.1, -0.05) is 26.8 Å². The summed E-state index contributed by atoms with van der Waals surface area (Å²) >= 11 is 0. The number of ketones is 1. The lowest BCUT2D eigenvalue weighted by Gasteiger charge is -2.15. The molecule has 0 amide bonds. The van der Waals surface area contributed by atoms with Gasteiger partial charge in [0.15, 0.2) is 17.3 Å². The van der Waals surface area contributed by atoms with Gasteiger partial charge in [-0.15, -0.1) is 0 Å². The fraction of sp³-hybridized carbons (Fsp3) is 0.412. The van der Waals surface area contributed by atoms with E-state index in [0.29, 0.717) is 18.1 Å². The molecular formula is C17H21NO3. The first-order valence-corrected chi connectivity index (χ1v) is 6.81. The lowest BCUT2D eigenvalue weighted by Crippen LogP contribution is -2.21. The predicted octanol–water partition coefficient (Wildman–Crippen LogP) is 3.62. The molecule has 1 rings (SSSR count). The van der Waals surface area contributed by atoms with Gasteiger partial charge in [-0.05, 0) is 30.7 Å². The molecular weight excluding hydrogens is 266 g/mol. The normalized spacial score (nSPS) is 11.7. The number of benzene rings is 1. The summed E-state index contributed by atoms with van der Waals surface area (Å²) in [5.74, 6) is 1.03. The minimum atomic E-state index is -0.586. The maximum absolute atomic E-state index is 12.2. The number of carbonyl (C=O) groups excluding carboxylic acids is 1. The number of ether oxygens (including phenoxy) is 2. The molecule has 0 saturated heterocycles. The highest BCUT2D eigenvalue weighted by Crippen LogP contribution is 2.29. The van der Waals surface area contributed by atoms with Crippen molar-refractivity contribution in [2.45, 2.75) is 27.7 Å². The van der Waals surface area contributed by atoms with Gasteiger partial charge in [-0.3, -0.25) is 4.79 Å². The monoisotopic (exact) mass is 287 g/mol. The maximum Gasteiger partial charge on any atom is 0.178 e. The van der Waals surface area contributed by atoms with E-state index in [1.165, 1.54) is 0 Å². The van der Waals surface area contributed by atoms with Crippen LogP contribution in [0.5, 0.6) is 11.5 Å². The van der Waals surface area contributed by atoms with E-state index < -0.39 is 5.41 Å².